The van der Waals surface area contributed by atoms with E-state index >= 15 is 0 Å². The number of anilines is 1. The Morgan fingerprint density at radius 2 is 1.77 bits per heavy atom. The van der Waals surface area contributed by atoms with E-state index in [9.17, 15) is 4.79 Å². The van der Waals surface area contributed by atoms with Crippen LogP contribution in [0.25, 0.3) is 10.8 Å². The minimum absolute atomic E-state index is 0.0426. The molecule has 0 aromatic heterocycles. The molecule has 3 rings (SSSR count). The fraction of sp³-hybridized carbons (Fsp3) is 0.100. The predicted molar refractivity (Wildman–Crippen MR) is 103 cm³/mol. The molecule has 0 bridgehead atoms. The maximum atomic E-state index is 12.1. The van der Waals surface area contributed by atoms with Gasteiger partial charge in [-0.3, -0.25) is 4.79 Å². The molecule has 26 heavy (non-hydrogen) atoms. The fourth-order valence-electron chi connectivity index (χ4n) is 2.41. The number of hydrogen-bond acceptors (Lipinski definition) is 4. The number of fused-ring (bicyclic) bond motifs is 1. The lowest BCUT2D eigenvalue weighted by atomic mass is 10.1. The van der Waals surface area contributed by atoms with Crippen LogP contribution in [-0.4, -0.2) is 19.1 Å². The van der Waals surface area contributed by atoms with Crippen molar-refractivity contribution < 1.29 is 14.3 Å². The highest BCUT2D eigenvalue weighted by molar-refractivity contribution is 9.10. The van der Waals surface area contributed by atoms with Crippen molar-refractivity contribution in [3.8, 4) is 17.6 Å². The molecule has 0 spiro atoms. The molecule has 1 amide bonds. The molecule has 5 nitrogen and oxygen atoms in total. The van der Waals surface area contributed by atoms with E-state index in [2.05, 4.69) is 21.2 Å². The number of ether oxygens (including phenoxy) is 2. The van der Waals surface area contributed by atoms with Crippen molar-refractivity contribution >= 4 is 38.3 Å². The summed E-state index contributed by atoms with van der Waals surface area (Å²) in [4.78, 5) is 12.1. The van der Waals surface area contributed by atoms with Crippen LogP contribution in [0.2, 0.25) is 0 Å². The molecule has 0 aliphatic carbocycles. The zero-order chi connectivity index (χ0) is 18.4. The summed E-state index contributed by atoms with van der Waals surface area (Å²) in [6, 6.07) is 20.4. The number of nitrogens with zero attached hydrogens (tertiary/aromatic N) is 1. The largest absolute Gasteiger partial charge is 0.484 e. The van der Waals surface area contributed by atoms with E-state index < -0.39 is 0 Å². The van der Waals surface area contributed by atoms with Crippen LogP contribution in [0.15, 0.2) is 65.1 Å². The highest BCUT2D eigenvalue weighted by atomic mass is 79.9. The Hall–Kier alpha value is -3.04. The monoisotopic (exact) mass is 410 g/mol. The Kier molecular flexibility index (Phi) is 5.72. The molecule has 0 radical (unpaired) electrons. The predicted octanol–water partition coefficient (Wildman–Crippen LogP) is 4.52. The van der Waals surface area contributed by atoms with Gasteiger partial charge in [-0.2, -0.15) is 5.26 Å². The van der Waals surface area contributed by atoms with E-state index in [4.69, 9.17) is 14.7 Å². The molecule has 6 heteroatoms. The number of carbonyl (C=O) groups excluding carboxylic acids is 1. The first-order chi connectivity index (χ1) is 12.6. The van der Waals surface area contributed by atoms with E-state index in [1.807, 2.05) is 42.5 Å². The van der Waals surface area contributed by atoms with E-state index in [0.717, 1.165) is 15.2 Å². The molecule has 0 heterocycles. The summed E-state index contributed by atoms with van der Waals surface area (Å²) in [6.45, 7) is -0.148. The van der Waals surface area contributed by atoms with Crippen LogP contribution in [-0.2, 0) is 4.79 Å². The van der Waals surface area contributed by atoms with Crippen LogP contribution in [0.5, 0.6) is 11.5 Å². The second kappa shape index (κ2) is 8.37. The summed E-state index contributed by atoms with van der Waals surface area (Å²) in [5, 5.41) is 13.4. The Morgan fingerprint density at radius 1 is 1.00 bits per heavy atom. The summed E-state index contributed by atoms with van der Waals surface area (Å²) in [5.74, 6) is 0.866. The average molecular weight is 411 g/mol. The van der Waals surface area contributed by atoms with Gasteiger partial charge in [-0.15, -0.1) is 0 Å². The van der Waals surface area contributed by atoms with E-state index in [1.165, 1.54) is 0 Å². The van der Waals surface area contributed by atoms with Gasteiger partial charge < -0.3 is 14.8 Å². The van der Waals surface area contributed by atoms with Crippen molar-refractivity contribution in [2.45, 2.75) is 0 Å². The van der Waals surface area contributed by atoms with Crippen molar-refractivity contribution in [3.05, 3.63) is 65.1 Å². The van der Waals surface area contributed by atoms with Gasteiger partial charge in [0.2, 0.25) is 0 Å². The second-order valence-corrected chi connectivity index (χ2v) is 6.38. The van der Waals surface area contributed by atoms with Gasteiger partial charge in [0.15, 0.2) is 13.2 Å². The van der Waals surface area contributed by atoms with Crippen LogP contribution in [0, 0.1) is 11.3 Å². The van der Waals surface area contributed by atoms with Crippen LogP contribution in [0.4, 0.5) is 5.69 Å². The van der Waals surface area contributed by atoms with Crippen LogP contribution in [0.1, 0.15) is 0 Å². The van der Waals surface area contributed by atoms with Crippen LogP contribution < -0.4 is 14.8 Å². The number of nitriles is 1. The molecule has 130 valence electrons. The van der Waals surface area contributed by atoms with Gasteiger partial charge in [0.1, 0.15) is 17.6 Å². The highest BCUT2D eigenvalue weighted by Gasteiger charge is 2.06. The first kappa shape index (κ1) is 17.8. The number of benzene rings is 3. The van der Waals surface area contributed by atoms with Crippen molar-refractivity contribution in [2.75, 3.05) is 18.5 Å². The number of hydrogen-bond donors (Lipinski definition) is 1. The summed E-state index contributed by atoms with van der Waals surface area (Å²) in [5.41, 5.74) is 0.581. The van der Waals surface area contributed by atoms with Crippen molar-refractivity contribution in [1.29, 1.82) is 5.26 Å². The van der Waals surface area contributed by atoms with Crippen molar-refractivity contribution in [1.82, 2.24) is 0 Å². The quantitative estimate of drug-likeness (QED) is 0.648. The number of nitrogens with one attached hydrogen (secondary N) is 1. The third-order valence-electron chi connectivity index (χ3n) is 3.56. The number of amides is 1. The van der Waals surface area contributed by atoms with E-state index in [0.29, 0.717) is 17.2 Å². The van der Waals surface area contributed by atoms with Gasteiger partial charge in [-0.1, -0.05) is 34.1 Å². The molecule has 0 fully saturated rings. The van der Waals surface area contributed by atoms with Gasteiger partial charge in [0.05, 0.1) is 0 Å². The van der Waals surface area contributed by atoms with Gasteiger partial charge in [0.25, 0.3) is 5.91 Å². The lowest BCUT2D eigenvalue weighted by molar-refractivity contribution is -0.118. The summed E-state index contributed by atoms with van der Waals surface area (Å²) < 4.78 is 11.8. The first-order valence-corrected chi connectivity index (χ1v) is 8.65. The molecule has 0 saturated carbocycles. The Labute approximate surface area is 159 Å². The highest BCUT2D eigenvalue weighted by Crippen LogP contribution is 2.24. The first-order valence-electron chi connectivity index (χ1n) is 7.86. The molecule has 0 aliphatic heterocycles. The van der Waals surface area contributed by atoms with Crippen LogP contribution in [0.3, 0.4) is 0 Å². The van der Waals surface area contributed by atoms with Crippen LogP contribution >= 0.6 is 15.9 Å². The lowest BCUT2D eigenvalue weighted by Gasteiger charge is -2.09. The molecule has 0 unspecified atom stereocenters. The molecule has 0 atom stereocenters. The maximum absolute atomic E-state index is 12.1. The molecule has 1 N–H and O–H groups in total. The van der Waals surface area contributed by atoms with E-state index in [1.54, 1.807) is 24.3 Å². The Bertz CT molecular complexity index is 982. The topological polar surface area (TPSA) is 71.3 Å². The zero-order valence-corrected chi connectivity index (χ0v) is 15.3. The summed E-state index contributed by atoms with van der Waals surface area (Å²) >= 11 is 3.44. The molecular weight excluding hydrogens is 396 g/mol. The molecule has 3 aromatic rings. The molecule has 0 aliphatic rings. The maximum Gasteiger partial charge on any atom is 0.262 e. The second-order valence-electron chi connectivity index (χ2n) is 5.46. The smallest absolute Gasteiger partial charge is 0.262 e. The van der Waals surface area contributed by atoms with Gasteiger partial charge in [-0.05, 0) is 47.2 Å². The molecule has 3 aromatic carbocycles. The Balaban J connectivity index is 1.59. The SMILES string of the molecule is N#CCOc1cccc(NC(=O)COc2ccc3cc(Br)ccc3c2)c1. The fourth-order valence-corrected chi connectivity index (χ4v) is 2.79. The number of halogens is 1. The van der Waals surface area contributed by atoms with Gasteiger partial charge in [0, 0.05) is 16.2 Å². The molecule has 0 saturated heterocycles. The van der Waals surface area contributed by atoms with Gasteiger partial charge in [-0.25, -0.2) is 0 Å². The standard InChI is InChI=1S/C20H15BrN2O3/c21-16-6-4-15-11-19(7-5-14(15)10-16)26-13-20(24)23-17-2-1-3-18(12-17)25-9-8-22/h1-7,10-12H,9,13H2,(H,23,24). The summed E-state index contributed by atoms with van der Waals surface area (Å²) in [6.07, 6.45) is 0. The van der Waals surface area contributed by atoms with Crippen molar-refractivity contribution in [3.63, 3.8) is 0 Å². The average Bonchev–Trinajstić information content (AvgIpc) is 2.65. The van der Waals surface area contributed by atoms with Gasteiger partial charge >= 0.3 is 0 Å². The third-order valence-corrected chi connectivity index (χ3v) is 4.06. The number of carbonyl (C=O) groups is 1. The minimum atomic E-state index is -0.279. The molecular formula is C20H15BrN2O3. The van der Waals surface area contributed by atoms with E-state index in [-0.39, 0.29) is 19.1 Å². The van der Waals surface area contributed by atoms with Crippen molar-refractivity contribution in [2.24, 2.45) is 0 Å². The minimum Gasteiger partial charge on any atom is -0.484 e. The third kappa shape index (κ3) is 4.74. The normalized spacial score (nSPS) is 10.2. The number of rotatable bonds is 6. The lowest BCUT2D eigenvalue weighted by Crippen LogP contribution is -2.20. The zero-order valence-electron chi connectivity index (χ0n) is 13.7. The summed E-state index contributed by atoms with van der Waals surface area (Å²) in [7, 11) is 0. The Morgan fingerprint density at radius 3 is 2.62 bits per heavy atom.